The fraction of sp³-hybridized carbons (Fsp3) is 0.143. The number of benzene rings is 2. The number of anilines is 2. The number of imidazole rings is 1. The molecule has 0 radical (unpaired) electrons. The van der Waals surface area contributed by atoms with Crippen LogP contribution in [0.3, 0.4) is 0 Å². The summed E-state index contributed by atoms with van der Waals surface area (Å²) in [5.41, 5.74) is 1.70. The van der Waals surface area contributed by atoms with Crippen molar-refractivity contribution in [3.63, 3.8) is 0 Å². The number of carbonyl (C=O) groups is 2. The summed E-state index contributed by atoms with van der Waals surface area (Å²) < 4.78 is 48.9. The van der Waals surface area contributed by atoms with Gasteiger partial charge >= 0.3 is 6.18 Å². The first kappa shape index (κ1) is 28.0. The van der Waals surface area contributed by atoms with E-state index in [0.29, 0.717) is 11.3 Å². The van der Waals surface area contributed by atoms with E-state index in [1.165, 1.54) is 16.9 Å². The summed E-state index contributed by atoms with van der Waals surface area (Å²) in [6, 6.07) is 14.1. The molecule has 3 aromatic heterocycles. The average molecular weight is 577 g/mol. The van der Waals surface area contributed by atoms with Gasteiger partial charge in [0, 0.05) is 24.5 Å². The maximum atomic E-state index is 13.5. The zero-order chi connectivity index (χ0) is 29.7. The van der Waals surface area contributed by atoms with Crippen LogP contribution in [0.4, 0.5) is 35.2 Å². The lowest BCUT2D eigenvalue weighted by molar-refractivity contribution is -0.755. The van der Waals surface area contributed by atoms with Gasteiger partial charge in [-0.3, -0.25) is 14.6 Å². The predicted molar refractivity (Wildman–Crippen MR) is 144 cm³/mol. The van der Waals surface area contributed by atoms with Crippen molar-refractivity contribution >= 4 is 29.2 Å². The molecule has 0 fully saturated rings. The number of alkyl halides is 3. The van der Waals surface area contributed by atoms with Crippen LogP contribution in [0.5, 0.6) is 0 Å². The minimum absolute atomic E-state index is 0.0380. The lowest BCUT2D eigenvalue weighted by Crippen LogP contribution is -2.35. The summed E-state index contributed by atoms with van der Waals surface area (Å²) in [7, 11) is 1.87. The molecule has 0 saturated carbocycles. The number of urea groups is 1. The molecule has 0 aliphatic heterocycles. The van der Waals surface area contributed by atoms with E-state index < -0.39 is 23.7 Å². The third kappa shape index (κ3) is 7.15. The van der Waals surface area contributed by atoms with Crippen molar-refractivity contribution in [1.82, 2.24) is 19.8 Å². The smallest absolute Gasteiger partial charge is 0.416 e. The minimum atomic E-state index is -4.72. The Labute approximate surface area is 237 Å². The Morgan fingerprint density at radius 2 is 1.79 bits per heavy atom. The van der Waals surface area contributed by atoms with Gasteiger partial charge in [-0.05, 0) is 46.3 Å². The SMILES string of the molecule is Cn1cncc1-c1ccc(C[n+]2cc([N-]C(=O)Nc3cc(NC(=O)Cc4ccccc4)cc(C(F)(F)F)c3)on2)nc1. The molecular weight excluding hydrogens is 553 g/mol. The van der Waals surface area contributed by atoms with Crippen LogP contribution in [-0.4, -0.2) is 31.7 Å². The zero-order valence-electron chi connectivity index (χ0n) is 22.0. The van der Waals surface area contributed by atoms with Crippen LogP contribution in [0.2, 0.25) is 0 Å². The Morgan fingerprint density at radius 3 is 2.45 bits per heavy atom. The van der Waals surface area contributed by atoms with E-state index in [0.717, 1.165) is 23.4 Å². The van der Waals surface area contributed by atoms with Crippen LogP contribution < -0.4 is 15.3 Å². The Morgan fingerprint density at radius 1 is 1.02 bits per heavy atom. The largest absolute Gasteiger partial charge is 0.424 e. The van der Waals surface area contributed by atoms with Crippen molar-refractivity contribution in [3.8, 4) is 11.3 Å². The van der Waals surface area contributed by atoms with Crippen molar-refractivity contribution in [1.29, 1.82) is 0 Å². The van der Waals surface area contributed by atoms with Gasteiger partial charge in [-0.1, -0.05) is 30.3 Å². The van der Waals surface area contributed by atoms with E-state index in [1.54, 1.807) is 55.1 Å². The normalized spacial score (nSPS) is 11.2. The topological polar surface area (TPSA) is 133 Å². The number of nitrogens with zero attached hydrogens (tertiary/aromatic N) is 6. The fourth-order valence-corrected chi connectivity index (χ4v) is 4.04. The monoisotopic (exact) mass is 576 g/mol. The molecular formula is C28H23F3N8O3. The summed E-state index contributed by atoms with van der Waals surface area (Å²) in [6.45, 7) is 0.214. The first-order chi connectivity index (χ1) is 20.1. The van der Waals surface area contributed by atoms with Gasteiger partial charge in [-0.25, -0.2) is 4.98 Å². The molecule has 2 N–H and O–H groups in total. The molecule has 14 heteroatoms. The van der Waals surface area contributed by atoms with Gasteiger partial charge in [0.1, 0.15) is 5.69 Å². The molecule has 0 unspecified atom stereocenters. The molecule has 0 bridgehead atoms. The van der Waals surface area contributed by atoms with Gasteiger partial charge in [-0.15, -0.1) is 0 Å². The number of rotatable bonds is 8. The molecule has 0 spiro atoms. The quantitative estimate of drug-likeness (QED) is 0.243. The van der Waals surface area contributed by atoms with Crippen LogP contribution >= 0.6 is 0 Å². The standard InChI is InChI=1S/C28H23F3N8O3/c1-38-17-32-14-24(38)19-7-8-21(33-13-19)15-39-16-26(42-37-39)36-27(41)35-23-11-20(28(29,30)31)10-22(12-23)34-25(40)9-18-5-3-2-4-6-18/h2-8,10-14,16-17H,9,15H2,1H3,(H2-,34,35,36,37,40,41). The summed E-state index contributed by atoms with van der Waals surface area (Å²) in [6.07, 6.45) is 1.69. The van der Waals surface area contributed by atoms with Crippen LogP contribution in [0.25, 0.3) is 16.6 Å². The van der Waals surface area contributed by atoms with Crippen molar-refractivity contribution in [2.24, 2.45) is 7.05 Å². The third-order valence-electron chi connectivity index (χ3n) is 5.97. The Bertz CT molecular complexity index is 1700. The second-order valence-electron chi connectivity index (χ2n) is 9.22. The third-order valence-corrected chi connectivity index (χ3v) is 5.97. The van der Waals surface area contributed by atoms with E-state index in [1.807, 2.05) is 17.7 Å². The van der Waals surface area contributed by atoms with Gasteiger partial charge in [0.25, 0.3) is 0 Å². The molecule has 214 valence electrons. The first-order valence-electron chi connectivity index (χ1n) is 12.5. The van der Waals surface area contributed by atoms with Crippen LogP contribution in [0, 0.1) is 0 Å². The molecule has 0 aliphatic rings. The van der Waals surface area contributed by atoms with Crippen molar-refractivity contribution < 1.29 is 32.0 Å². The molecule has 5 rings (SSSR count). The number of nitrogens with one attached hydrogen (secondary N) is 2. The molecule has 0 saturated heterocycles. The van der Waals surface area contributed by atoms with E-state index in [4.69, 9.17) is 4.52 Å². The number of hydrogen-bond donors (Lipinski definition) is 2. The van der Waals surface area contributed by atoms with Crippen LogP contribution in [0.15, 0.2) is 90.1 Å². The van der Waals surface area contributed by atoms with E-state index >= 15 is 0 Å². The van der Waals surface area contributed by atoms with Gasteiger partial charge in [0.05, 0.1) is 30.2 Å². The Kier molecular flexibility index (Phi) is 7.95. The number of aryl methyl sites for hydroxylation is 1. The van der Waals surface area contributed by atoms with E-state index in [-0.39, 0.29) is 30.2 Å². The fourth-order valence-electron chi connectivity index (χ4n) is 4.04. The van der Waals surface area contributed by atoms with Gasteiger partial charge in [0.2, 0.25) is 24.5 Å². The molecule has 0 aliphatic carbocycles. The lowest BCUT2D eigenvalue weighted by Gasteiger charge is -2.18. The number of amides is 3. The highest BCUT2D eigenvalue weighted by Crippen LogP contribution is 2.34. The minimum Gasteiger partial charge on any atom is -0.424 e. The predicted octanol–water partition coefficient (Wildman–Crippen LogP) is 5.24. The Hall–Kier alpha value is -5.53. The number of halogens is 3. The second kappa shape index (κ2) is 11.9. The van der Waals surface area contributed by atoms with E-state index in [2.05, 4.69) is 31.2 Å². The molecule has 3 amide bonds. The molecule has 2 aromatic carbocycles. The van der Waals surface area contributed by atoms with Gasteiger partial charge < -0.3 is 25.0 Å². The zero-order valence-corrected chi connectivity index (χ0v) is 22.0. The van der Waals surface area contributed by atoms with Crippen molar-refractivity contribution in [2.45, 2.75) is 19.1 Å². The average Bonchev–Trinajstić information content (AvgIpc) is 3.57. The molecule has 0 atom stereocenters. The molecule has 3 heterocycles. The molecule has 5 aromatic rings. The van der Waals surface area contributed by atoms with Crippen LogP contribution in [0.1, 0.15) is 16.8 Å². The highest BCUT2D eigenvalue weighted by molar-refractivity contribution is 6.04. The summed E-state index contributed by atoms with van der Waals surface area (Å²) in [5.74, 6) is -0.697. The molecule has 11 nitrogen and oxygen atoms in total. The molecule has 42 heavy (non-hydrogen) atoms. The van der Waals surface area contributed by atoms with Gasteiger partial charge in [-0.2, -0.15) is 13.2 Å². The summed E-state index contributed by atoms with van der Waals surface area (Å²) >= 11 is 0. The maximum absolute atomic E-state index is 13.5. The first-order valence-corrected chi connectivity index (χ1v) is 12.5. The lowest BCUT2D eigenvalue weighted by atomic mass is 10.1. The Balaban J connectivity index is 1.22. The van der Waals surface area contributed by atoms with Gasteiger partial charge in [0.15, 0.2) is 11.3 Å². The summed E-state index contributed by atoms with van der Waals surface area (Å²) in [4.78, 5) is 33.4. The maximum Gasteiger partial charge on any atom is 0.416 e. The highest BCUT2D eigenvalue weighted by Gasteiger charge is 2.31. The number of aromatic nitrogens is 5. The number of pyridine rings is 1. The summed E-state index contributed by atoms with van der Waals surface area (Å²) in [5, 5.41) is 12.2. The number of carbonyl (C=O) groups excluding carboxylic acids is 2. The van der Waals surface area contributed by atoms with Crippen LogP contribution in [-0.2, 0) is 31.0 Å². The van der Waals surface area contributed by atoms with Crippen molar-refractivity contribution in [3.05, 3.63) is 108 Å². The van der Waals surface area contributed by atoms with E-state index in [9.17, 15) is 22.8 Å². The number of hydrogen-bond acceptors (Lipinski definition) is 6. The second-order valence-corrected chi connectivity index (χ2v) is 9.22. The van der Waals surface area contributed by atoms with Crippen molar-refractivity contribution in [2.75, 3.05) is 10.6 Å². The highest BCUT2D eigenvalue weighted by atomic mass is 19.4.